The Labute approximate surface area is 401 Å². The molecule has 0 radical (unpaired) electrons. The van der Waals surface area contributed by atoms with E-state index in [4.69, 9.17) is 14.5 Å². The average Bonchev–Trinajstić information content (AvgIpc) is 3.84. The number of urea groups is 1. The Kier molecular flexibility index (Phi) is 13.0. The Balaban J connectivity index is 1.15. The summed E-state index contributed by atoms with van der Waals surface area (Å²) in [6.45, 7) is 3.03. The van der Waals surface area contributed by atoms with Crippen LogP contribution in [0.5, 0.6) is 5.75 Å². The van der Waals surface area contributed by atoms with Crippen molar-refractivity contribution < 1.29 is 33.0 Å². The topological polar surface area (TPSA) is 170 Å². The number of benzodiazepines with no additional fused rings is 1. The minimum atomic E-state index is -2.58. The van der Waals surface area contributed by atoms with Gasteiger partial charge in [0.1, 0.15) is 23.0 Å². The number of anilines is 3. The van der Waals surface area contributed by atoms with Crippen molar-refractivity contribution in [2.45, 2.75) is 25.0 Å². The minimum Gasteiger partial charge on any atom is -0.480 e. The number of halogens is 1. The first-order valence-corrected chi connectivity index (χ1v) is 22.2. The SMILES string of the molecule is CCOC(=O)COc1ccccc1N1C(=O)C(C=C=O)(NC(=O)Nc2cccc(-c3nnnn3C(c3ccccc3)(c3ccccc3)c3ccccc3)c2)N=C(c2ccccc2F)c2cccc(C)c21. The maximum Gasteiger partial charge on any atom is 0.344 e. The number of carbonyl (C=O) groups excluding carboxylic acids is 4. The lowest BCUT2D eigenvalue weighted by molar-refractivity contribution is -0.145. The van der Waals surface area contributed by atoms with Crippen LogP contribution in [0.4, 0.5) is 26.2 Å². The lowest BCUT2D eigenvalue weighted by Gasteiger charge is -2.36. The molecule has 9 rings (SSSR count). The highest BCUT2D eigenvalue weighted by molar-refractivity contribution is 6.24. The molecule has 14 nitrogen and oxygen atoms in total. The number of nitrogens with zero attached hydrogens (tertiary/aromatic N) is 6. The first-order valence-electron chi connectivity index (χ1n) is 22.2. The van der Waals surface area contributed by atoms with Gasteiger partial charge in [-0.1, -0.05) is 146 Å². The van der Waals surface area contributed by atoms with Crippen LogP contribution in [0.3, 0.4) is 0 Å². The predicted octanol–water partition coefficient (Wildman–Crippen LogP) is 8.99. The summed E-state index contributed by atoms with van der Waals surface area (Å²) in [7, 11) is 0. The number of fused-ring (bicyclic) bond motifs is 1. The normalized spacial score (nSPS) is 14.3. The Morgan fingerprint density at radius 1 is 0.771 bits per heavy atom. The molecule has 0 fully saturated rings. The molecule has 8 aromatic rings. The van der Waals surface area contributed by atoms with Gasteiger partial charge in [-0.3, -0.25) is 9.69 Å². The number of aryl methyl sites for hydroxylation is 1. The number of rotatable bonds is 14. The van der Waals surface area contributed by atoms with Crippen molar-refractivity contribution in [2.24, 2.45) is 4.99 Å². The number of carbonyl (C=O) groups is 3. The van der Waals surface area contributed by atoms with E-state index in [1.54, 1.807) is 97.3 Å². The summed E-state index contributed by atoms with van der Waals surface area (Å²) in [6.07, 6.45) is 0.771. The zero-order valence-corrected chi connectivity index (χ0v) is 37.8. The zero-order valence-electron chi connectivity index (χ0n) is 37.8. The van der Waals surface area contributed by atoms with E-state index < -0.39 is 41.5 Å². The molecule has 0 bridgehead atoms. The number of tetrazole rings is 1. The fraction of sp³-hybridized carbons (Fsp3) is 0.109. The van der Waals surface area contributed by atoms with Gasteiger partial charge in [0.05, 0.1) is 29.8 Å². The van der Waals surface area contributed by atoms with E-state index >= 15 is 9.18 Å². The van der Waals surface area contributed by atoms with Gasteiger partial charge < -0.3 is 20.1 Å². The van der Waals surface area contributed by atoms with Crippen molar-refractivity contribution in [3.05, 3.63) is 227 Å². The minimum absolute atomic E-state index is 0.0234. The summed E-state index contributed by atoms with van der Waals surface area (Å²) < 4.78 is 28.8. The van der Waals surface area contributed by atoms with Gasteiger partial charge in [0.2, 0.25) is 5.66 Å². The van der Waals surface area contributed by atoms with Gasteiger partial charge in [0, 0.05) is 22.4 Å². The van der Waals surface area contributed by atoms with Crippen molar-refractivity contribution in [3.63, 3.8) is 0 Å². The smallest absolute Gasteiger partial charge is 0.344 e. The monoisotopic (exact) mass is 930 g/mol. The van der Waals surface area contributed by atoms with E-state index in [2.05, 4.69) is 26.2 Å². The molecule has 346 valence electrons. The van der Waals surface area contributed by atoms with E-state index in [1.165, 1.54) is 23.1 Å². The molecule has 7 aromatic carbocycles. The highest BCUT2D eigenvalue weighted by Gasteiger charge is 2.48. The quantitative estimate of drug-likeness (QED) is 0.0614. The first-order chi connectivity index (χ1) is 34.2. The molecular formula is C55H43FN8O6. The van der Waals surface area contributed by atoms with E-state index in [-0.39, 0.29) is 46.3 Å². The molecule has 1 unspecified atom stereocenters. The van der Waals surface area contributed by atoms with Crippen molar-refractivity contribution in [1.29, 1.82) is 0 Å². The van der Waals surface area contributed by atoms with Gasteiger partial charge in [-0.05, 0) is 82.9 Å². The van der Waals surface area contributed by atoms with Gasteiger partial charge in [-0.2, -0.15) is 0 Å². The largest absolute Gasteiger partial charge is 0.480 e. The molecule has 70 heavy (non-hydrogen) atoms. The molecule has 2 heterocycles. The number of hydrogen-bond acceptors (Lipinski definition) is 10. The standard InChI is InChI=1S/C55H43FN8O6/c1-3-69-48(66)36-70-47-32-16-15-31-46(47)63-50-37(2)19-17-29-44(50)49(43-28-13-14-30-45(43)56)58-54(33-34-65,52(63)67)59-53(68)57-42-27-18-20-38(35-42)51-60-61-62-64(51)55(39-21-7-4-8-22-39,40-23-9-5-10-24-40)41-25-11-6-12-26-41/h4-33,35H,3,36H2,1-2H3,(H2,57,59,68). The second-order valence-electron chi connectivity index (χ2n) is 16.0. The van der Waals surface area contributed by atoms with Crippen molar-refractivity contribution in [1.82, 2.24) is 25.5 Å². The molecule has 0 spiro atoms. The number of para-hydroxylation sites is 3. The lowest BCUT2D eigenvalue weighted by Crippen LogP contribution is -2.57. The summed E-state index contributed by atoms with van der Waals surface area (Å²) in [4.78, 5) is 61.4. The number of hydrogen-bond donors (Lipinski definition) is 2. The van der Waals surface area contributed by atoms with Crippen LogP contribution in [0, 0.1) is 12.7 Å². The van der Waals surface area contributed by atoms with Gasteiger partial charge >= 0.3 is 12.0 Å². The Morgan fingerprint density at radius 2 is 1.39 bits per heavy atom. The van der Waals surface area contributed by atoms with Crippen LogP contribution in [-0.2, 0) is 24.7 Å². The molecule has 0 aliphatic carbocycles. The van der Waals surface area contributed by atoms with Crippen LogP contribution in [0.1, 0.15) is 40.3 Å². The summed E-state index contributed by atoms with van der Waals surface area (Å²) in [6, 6.07) is 52.8. The maximum atomic E-state index is 16.0. The highest BCUT2D eigenvalue weighted by Crippen LogP contribution is 2.44. The molecule has 1 aliphatic rings. The van der Waals surface area contributed by atoms with E-state index in [1.807, 2.05) is 91.0 Å². The Bertz CT molecular complexity index is 3210. The molecule has 3 amide bonds. The van der Waals surface area contributed by atoms with Crippen LogP contribution in [0.25, 0.3) is 11.4 Å². The van der Waals surface area contributed by atoms with Crippen molar-refractivity contribution >= 4 is 46.6 Å². The van der Waals surface area contributed by atoms with Crippen LogP contribution in [0.2, 0.25) is 0 Å². The molecule has 0 saturated heterocycles. The second-order valence-corrected chi connectivity index (χ2v) is 16.0. The Hall–Kier alpha value is -9.33. The fourth-order valence-corrected chi connectivity index (χ4v) is 8.76. The maximum absolute atomic E-state index is 16.0. The van der Waals surface area contributed by atoms with Crippen molar-refractivity contribution in [3.8, 4) is 17.1 Å². The van der Waals surface area contributed by atoms with Crippen LogP contribution in [-0.4, -0.2) is 68.6 Å². The number of nitrogens with one attached hydrogen (secondary N) is 2. The van der Waals surface area contributed by atoms with Crippen LogP contribution in [0.15, 0.2) is 193 Å². The third kappa shape index (κ3) is 8.60. The molecule has 0 saturated carbocycles. The predicted molar refractivity (Wildman–Crippen MR) is 262 cm³/mol. The number of aliphatic imine (C=N–C) groups is 1. The number of ether oxygens (including phenoxy) is 2. The number of aromatic nitrogens is 4. The van der Waals surface area contributed by atoms with E-state index in [0.717, 1.165) is 22.8 Å². The second kappa shape index (κ2) is 19.9. The molecular weight excluding hydrogens is 888 g/mol. The molecule has 1 aliphatic heterocycles. The third-order valence-corrected chi connectivity index (χ3v) is 11.7. The lowest BCUT2D eigenvalue weighted by atomic mass is 9.77. The third-order valence-electron chi connectivity index (χ3n) is 11.7. The number of benzene rings is 7. The molecule has 2 N–H and O–H groups in total. The van der Waals surface area contributed by atoms with Gasteiger partial charge in [-0.25, -0.2) is 28.4 Å². The highest BCUT2D eigenvalue weighted by atomic mass is 19.1. The molecule has 1 atom stereocenters. The van der Waals surface area contributed by atoms with E-state index in [9.17, 15) is 14.4 Å². The summed E-state index contributed by atoms with van der Waals surface area (Å²) in [5.74, 6) is -0.189. The Morgan fingerprint density at radius 3 is 2.04 bits per heavy atom. The van der Waals surface area contributed by atoms with E-state index in [0.29, 0.717) is 17.0 Å². The average molecular weight is 931 g/mol. The molecule has 1 aromatic heterocycles. The summed E-state index contributed by atoms with van der Waals surface area (Å²) in [5.41, 5.74) is 0.849. The number of amides is 3. The van der Waals surface area contributed by atoms with Crippen molar-refractivity contribution in [2.75, 3.05) is 23.4 Å². The van der Waals surface area contributed by atoms with Crippen LogP contribution >= 0.6 is 0 Å². The fourth-order valence-electron chi connectivity index (χ4n) is 8.76. The first kappa shape index (κ1) is 45.8. The summed E-state index contributed by atoms with van der Waals surface area (Å²) in [5, 5.41) is 18.8. The number of esters is 1. The summed E-state index contributed by atoms with van der Waals surface area (Å²) >= 11 is 0. The van der Waals surface area contributed by atoms with Gasteiger partial charge in [0.15, 0.2) is 12.4 Å². The molecule has 15 heteroatoms. The van der Waals surface area contributed by atoms with Gasteiger partial charge in [-0.15, -0.1) is 5.10 Å². The van der Waals surface area contributed by atoms with Crippen LogP contribution < -0.4 is 20.3 Å². The van der Waals surface area contributed by atoms with Gasteiger partial charge in [0.25, 0.3) is 5.91 Å². The zero-order chi connectivity index (χ0) is 48.7.